The highest BCUT2D eigenvalue weighted by atomic mass is 32.1. The van der Waals surface area contributed by atoms with Crippen LogP contribution in [0.4, 0.5) is 14.5 Å². The molecule has 0 aliphatic rings. The first-order chi connectivity index (χ1) is 14.0. The van der Waals surface area contributed by atoms with E-state index >= 15 is 0 Å². The third-order valence-electron chi connectivity index (χ3n) is 3.91. The van der Waals surface area contributed by atoms with E-state index in [1.807, 2.05) is 0 Å². The lowest BCUT2D eigenvalue weighted by Crippen LogP contribution is -2.11. The largest absolute Gasteiger partial charge is 0.508 e. The summed E-state index contributed by atoms with van der Waals surface area (Å²) in [4.78, 5) is 4.55. The Labute approximate surface area is 167 Å². The number of halogens is 2. The van der Waals surface area contributed by atoms with Gasteiger partial charge in [-0.15, -0.1) is 11.3 Å². The zero-order valence-corrected chi connectivity index (χ0v) is 15.5. The number of furan rings is 1. The predicted molar refractivity (Wildman–Crippen MR) is 104 cm³/mol. The third kappa shape index (κ3) is 3.94. The van der Waals surface area contributed by atoms with Crippen LogP contribution in [0.15, 0.2) is 74.7 Å². The molecule has 0 fully saturated rings. The molecule has 0 spiro atoms. The number of nitrogens with zero attached hydrogens (tertiary/aromatic N) is 3. The van der Waals surface area contributed by atoms with Crippen LogP contribution in [0.1, 0.15) is 5.56 Å². The summed E-state index contributed by atoms with van der Waals surface area (Å²) in [6.07, 6.45) is 2.87. The highest BCUT2D eigenvalue weighted by Gasteiger charge is 2.11. The van der Waals surface area contributed by atoms with Crippen molar-refractivity contribution in [3.63, 3.8) is 0 Å². The molecule has 0 aliphatic carbocycles. The molecular weight excluding hydrogens is 400 g/mol. The third-order valence-corrected chi connectivity index (χ3v) is 4.73. The molecule has 146 valence electrons. The number of thiazole rings is 1. The van der Waals surface area contributed by atoms with Gasteiger partial charge in [0.15, 0.2) is 11.6 Å². The number of phenolic OH excluding ortho intramolecular Hbond substituents is 2. The van der Waals surface area contributed by atoms with Crippen LogP contribution in [0.3, 0.4) is 0 Å². The summed E-state index contributed by atoms with van der Waals surface area (Å²) >= 11 is 1.18. The minimum atomic E-state index is -0.801. The summed E-state index contributed by atoms with van der Waals surface area (Å²) in [6, 6.07) is 10.6. The lowest BCUT2D eigenvalue weighted by Gasteiger charge is -2.02. The predicted octanol–water partition coefficient (Wildman–Crippen LogP) is 4.61. The van der Waals surface area contributed by atoms with Crippen molar-refractivity contribution in [3.8, 4) is 23.0 Å². The van der Waals surface area contributed by atoms with Crippen molar-refractivity contribution in [1.82, 2.24) is 4.68 Å². The fraction of sp³-hybridized carbons (Fsp3) is 0. The van der Waals surface area contributed by atoms with E-state index < -0.39 is 11.6 Å². The van der Waals surface area contributed by atoms with Gasteiger partial charge in [-0.3, -0.25) is 0 Å². The molecule has 4 rings (SSSR count). The monoisotopic (exact) mass is 413 g/mol. The second-order valence-corrected chi connectivity index (χ2v) is 6.72. The summed E-state index contributed by atoms with van der Waals surface area (Å²) in [7, 11) is 0. The minimum Gasteiger partial charge on any atom is -0.508 e. The molecule has 0 amide bonds. The van der Waals surface area contributed by atoms with Crippen molar-refractivity contribution in [2.45, 2.75) is 0 Å². The molecule has 29 heavy (non-hydrogen) atoms. The zero-order chi connectivity index (χ0) is 20.4. The molecule has 0 radical (unpaired) electrons. The van der Waals surface area contributed by atoms with E-state index in [1.165, 1.54) is 52.8 Å². The highest BCUT2D eigenvalue weighted by Crippen LogP contribution is 2.24. The maximum Gasteiger partial charge on any atom is 0.211 e. The zero-order valence-electron chi connectivity index (χ0n) is 14.7. The number of phenols is 2. The lowest BCUT2D eigenvalue weighted by molar-refractivity contribution is 0.450. The van der Waals surface area contributed by atoms with Crippen LogP contribution < -0.4 is 4.80 Å². The Bertz CT molecular complexity index is 1260. The van der Waals surface area contributed by atoms with Crippen LogP contribution in [-0.4, -0.2) is 21.1 Å². The molecule has 6 nitrogen and oxygen atoms in total. The number of aromatic nitrogens is 1. The molecule has 0 saturated carbocycles. The maximum absolute atomic E-state index is 14.0. The van der Waals surface area contributed by atoms with Gasteiger partial charge in [0, 0.05) is 23.1 Å². The molecule has 0 unspecified atom stereocenters. The summed E-state index contributed by atoms with van der Waals surface area (Å²) < 4.78 is 34.0. The van der Waals surface area contributed by atoms with Gasteiger partial charge < -0.3 is 14.6 Å². The van der Waals surface area contributed by atoms with Crippen LogP contribution in [-0.2, 0) is 0 Å². The molecule has 0 saturated heterocycles. The number of hydrogen-bond acceptors (Lipinski definition) is 6. The average molecular weight is 413 g/mol. The van der Waals surface area contributed by atoms with Crippen molar-refractivity contribution >= 4 is 23.2 Å². The van der Waals surface area contributed by atoms with E-state index in [0.29, 0.717) is 21.8 Å². The second kappa shape index (κ2) is 7.72. The number of rotatable bonds is 4. The Balaban J connectivity index is 1.85. The molecule has 0 aliphatic heterocycles. The Hall–Kier alpha value is -3.72. The van der Waals surface area contributed by atoms with Crippen LogP contribution in [0, 0.1) is 11.6 Å². The normalized spacial score (nSPS) is 12.1. The smallest absolute Gasteiger partial charge is 0.211 e. The Morgan fingerprint density at radius 2 is 1.93 bits per heavy atom. The summed E-state index contributed by atoms with van der Waals surface area (Å²) in [6.45, 7) is 0. The van der Waals surface area contributed by atoms with Crippen molar-refractivity contribution < 1.29 is 23.4 Å². The molecule has 4 aromatic rings. The molecule has 2 aromatic carbocycles. The fourth-order valence-corrected chi connectivity index (χ4v) is 3.35. The van der Waals surface area contributed by atoms with Crippen molar-refractivity contribution in [2.24, 2.45) is 10.1 Å². The standard InChI is InChI=1S/C20H13F2N3O3S/c21-13-4-6-16(15(22)8-13)24-20-25(17(11-29-20)19-2-1-7-28-19)23-10-12-3-5-14(26)9-18(12)27/h1-11,26-27H/b23-10+,24-20?. The van der Waals surface area contributed by atoms with Gasteiger partial charge in [-0.25, -0.2) is 18.4 Å². The molecule has 2 aromatic heterocycles. The highest BCUT2D eigenvalue weighted by molar-refractivity contribution is 7.07. The Morgan fingerprint density at radius 3 is 2.66 bits per heavy atom. The van der Waals surface area contributed by atoms with Gasteiger partial charge in [-0.2, -0.15) is 5.10 Å². The first-order valence-corrected chi connectivity index (χ1v) is 9.20. The first kappa shape index (κ1) is 18.6. The molecule has 0 bridgehead atoms. The van der Waals surface area contributed by atoms with Gasteiger partial charge in [0.25, 0.3) is 0 Å². The summed E-state index contributed by atoms with van der Waals surface area (Å²) in [5.74, 6) is -1.23. The van der Waals surface area contributed by atoms with E-state index in [0.717, 1.165) is 12.1 Å². The average Bonchev–Trinajstić information content (AvgIpc) is 3.33. The van der Waals surface area contributed by atoms with Gasteiger partial charge in [-0.1, -0.05) is 0 Å². The molecule has 0 atom stereocenters. The minimum absolute atomic E-state index is 0.0457. The van der Waals surface area contributed by atoms with Crippen molar-refractivity contribution in [3.05, 3.63) is 82.2 Å². The van der Waals surface area contributed by atoms with Crippen LogP contribution in [0.2, 0.25) is 0 Å². The van der Waals surface area contributed by atoms with E-state index in [4.69, 9.17) is 4.42 Å². The number of hydrogen-bond donors (Lipinski definition) is 2. The van der Waals surface area contributed by atoms with Gasteiger partial charge in [0.1, 0.15) is 28.7 Å². The molecule has 2 heterocycles. The van der Waals surface area contributed by atoms with Crippen molar-refractivity contribution in [1.29, 1.82) is 0 Å². The Morgan fingerprint density at radius 1 is 1.07 bits per heavy atom. The molecule has 9 heteroatoms. The summed E-state index contributed by atoms with van der Waals surface area (Å²) in [5.41, 5.74) is 0.859. The topological polar surface area (TPSA) is 83.2 Å². The molecular formula is C20H13F2N3O3S. The van der Waals surface area contributed by atoms with Crippen LogP contribution in [0.5, 0.6) is 11.5 Å². The van der Waals surface area contributed by atoms with Gasteiger partial charge >= 0.3 is 0 Å². The van der Waals surface area contributed by atoms with Gasteiger partial charge in [-0.05, 0) is 36.4 Å². The van der Waals surface area contributed by atoms with E-state index in [2.05, 4.69) is 10.1 Å². The van der Waals surface area contributed by atoms with Gasteiger partial charge in [0.05, 0.1) is 12.5 Å². The second-order valence-electron chi connectivity index (χ2n) is 5.89. The van der Waals surface area contributed by atoms with Crippen LogP contribution in [0.25, 0.3) is 11.5 Å². The van der Waals surface area contributed by atoms with Crippen LogP contribution >= 0.6 is 11.3 Å². The van der Waals surface area contributed by atoms with E-state index in [-0.39, 0.29) is 17.2 Å². The molecule has 2 N–H and O–H groups in total. The Kier molecular flexibility index (Phi) is 4.96. The maximum atomic E-state index is 14.0. The number of benzene rings is 2. The van der Waals surface area contributed by atoms with E-state index in [9.17, 15) is 19.0 Å². The fourth-order valence-electron chi connectivity index (χ4n) is 2.52. The summed E-state index contributed by atoms with van der Waals surface area (Å²) in [5, 5.41) is 25.4. The van der Waals surface area contributed by atoms with E-state index in [1.54, 1.807) is 17.5 Å². The number of aromatic hydroxyl groups is 2. The quantitative estimate of drug-likeness (QED) is 0.479. The van der Waals surface area contributed by atoms with Crippen molar-refractivity contribution in [2.75, 3.05) is 0 Å². The van der Waals surface area contributed by atoms with Gasteiger partial charge in [0.2, 0.25) is 4.80 Å². The lowest BCUT2D eigenvalue weighted by atomic mass is 10.2. The first-order valence-electron chi connectivity index (χ1n) is 8.32. The SMILES string of the molecule is Oc1ccc(/C=N/n2c(-c3ccco3)csc2=Nc2ccc(F)cc2F)c(O)c1.